The molecule has 4 aromatic rings. The smallest absolute Gasteiger partial charge is 0.333 e. The summed E-state index contributed by atoms with van der Waals surface area (Å²) in [6.07, 6.45) is -1.11. The topological polar surface area (TPSA) is 206 Å². The van der Waals surface area contributed by atoms with Crippen molar-refractivity contribution in [1.29, 1.82) is 0 Å². The van der Waals surface area contributed by atoms with Crippen molar-refractivity contribution in [2.75, 3.05) is 26.4 Å². The second-order valence-electron chi connectivity index (χ2n) is 11.0. The van der Waals surface area contributed by atoms with Gasteiger partial charge in [-0.1, -0.05) is 55.6 Å². The summed E-state index contributed by atoms with van der Waals surface area (Å²) in [5.41, 5.74) is 0.902. The molecular formula is C39H38O13. The Labute approximate surface area is 299 Å². The molecule has 4 rings (SSSR count). The van der Waals surface area contributed by atoms with Crippen molar-refractivity contribution >= 4 is 23.5 Å². The Bertz CT molecular complexity index is 1880. The van der Waals surface area contributed by atoms with E-state index in [1.165, 1.54) is 55.5 Å². The van der Waals surface area contributed by atoms with E-state index in [1.807, 2.05) is 0 Å². The van der Waals surface area contributed by atoms with Gasteiger partial charge >= 0.3 is 11.9 Å². The summed E-state index contributed by atoms with van der Waals surface area (Å²) in [6, 6.07) is 22.9. The lowest BCUT2D eigenvalue weighted by Crippen LogP contribution is -2.25. The third-order valence-electron chi connectivity index (χ3n) is 6.84. The average Bonchev–Trinajstić information content (AvgIpc) is 3.14. The van der Waals surface area contributed by atoms with E-state index < -0.39 is 29.9 Å². The maximum atomic E-state index is 12.4. The molecule has 0 aliphatic carbocycles. The van der Waals surface area contributed by atoms with Gasteiger partial charge in [0.25, 0.3) is 0 Å². The van der Waals surface area contributed by atoms with Crippen LogP contribution in [0, 0.1) is 0 Å². The van der Waals surface area contributed by atoms with E-state index in [9.17, 15) is 44.7 Å². The van der Waals surface area contributed by atoms with Crippen LogP contribution in [0.25, 0.3) is 0 Å². The molecule has 0 aliphatic rings. The molecule has 0 spiro atoms. The highest BCUT2D eigenvalue weighted by Gasteiger charge is 2.18. The van der Waals surface area contributed by atoms with Crippen molar-refractivity contribution in [1.82, 2.24) is 0 Å². The van der Waals surface area contributed by atoms with Crippen LogP contribution in [0.1, 0.15) is 38.8 Å². The van der Waals surface area contributed by atoms with Crippen LogP contribution in [0.2, 0.25) is 0 Å². The summed E-state index contributed by atoms with van der Waals surface area (Å²) in [5.74, 6) is -2.34. The number of ketones is 2. The van der Waals surface area contributed by atoms with Gasteiger partial charge in [-0.2, -0.15) is 0 Å². The highest BCUT2D eigenvalue weighted by Crippen LogP contribution is 2.29. The van der Waals surface area contributed by atoms with E-state index in [-0.39, 0.29) is 83.2 Å². The van der Waals surface area contributed by atoms with E-state index in [4.69, 9.17) is 14.2 Å². The number of phenols is 3. The van der Waals surface area contributed by atoms with Crippen molar-refractivity contribution in [2.24, 2.45) is 0 Å². The lowest BCUT2D eigenvalue weighted by Gasteiger charge is -2.13. The molecule has 0 heterocycles. The molecule has 0 saturated heterocycles. The molecule has 0 amide bonds. The number of aromatic hydroxyl groups is 3. The van der Waals surface area contributed by atoms with E-state index in [0.29, 0.717) is 5.56 Å². The lowest BCUT2D eigenvalue weighted by molar-refractivity contribution is -0.142. The monoisotopic (exact) mass is 714 g/mol. The van der Waals surface area contributed by atoms with Gasteiger partial charge in [-0.15, -0.1) is 0 Å². The van der Waals surface area contributed by atoms with Gasteiger partial charge in [0.1, 0.15) is 67.4 Å². The van der Waals surface area contributed by atoms with Crippen LogP contribution in [0.15, 0.2) is 116 Å². The fraction of sp³-hybridized carbons (Fsp3) is 0.179. The van der Waals surface area contributed by atoms with Crippen molar-refractivity contribution in [3.8, 4) is 28.7 Å². The Morgan fingerprint density at radius 2 is 1.12 bits per heavy atom. The Hall–Kier alpha value is -6.44. The third-order valence-corrected chi connectivity index (χ3v) is 6.84. The Kier molecular flexibility index (Phi) is 15.1. The van der Waals surface area contributed by atoms with Gasteiger partial charge in [0.15, 0.2) is 11.6 Å². The molecular weight excluding hydrogens is 676 g/mol. The summed E-state index contributed by atoms with van der Waals surface area (Å²) in [6.45, 7) is 7.34. The highest BCUT2D eigenvalue weighted by molar-refractivity contribution is 6.12. The maximum absolute atomic E-state index is 12.4. The number of para-hydroxylation sites is 1. The van der Waals surface area contributed by atoms with E-state index in [0.717, 1.165) is 6.08 Å². The number of phenolic OH excluding ortho intramolecular Hbond substituents is 3. The number of esters is 2. The third kappa shape index (κ3) is 12.2. The van der Waals surface area contributed by atoms with Crippen LogP contribution < -0.4 is 9.47 Å². The largest absolute Gasteiger partial charge is 0.507 e. The van der Waals surface area contributed by atoms with Gasteiger partial charge in [-0.3, -0.25) is 9.59 Å². The summed E-state index contributed by atoms with van der Waals surface area (Å²) in [7, 11) is 0. The van der Waals surface area contributed by atoms with E-state index in [2.05, 4.69) is 17.9 Å². The summed E-state index contributed by atoms with van der Waals surface area (Å²) in [4.78, 5) is 46.9. The standard InChI is InChI=1S/C20H20O7.C19H18O6/c1-12(2)20(25)27-11-13(21)10-26-14-7-8-16(18(23)9-14)19(24)15-5-3-4-6-17(15)22;1-2-18(22)25-12-14(20)11-24-15-8-9-16(17(21)10-15)19(23)13-6-4-3-5-7-13/h3-9,13,21-23H,1,10-11H2,2H3;2-10,14,20-21H,1,11-12H2. The Balaban J connectivity index is 0.000000281. The molecule has 2 unspecified atom stereocenters. The van der Waals surface area contributed by atoms with Crippen molar-refractivity contribution in [2.45, 2.75) is 19.1 Å². The molecule has 0 fully saturated rings. The zero-order valence-electron chi connectivity index (χ0n) is 28.1. The van der Waals surface area contributed by atoms with Gasteiger partial charge in [-0.25, -0.2) is 9.59 Å². The van der Waals surface area contributed by atoms with Gasteiger partial charge < -0.3 is 44.5 Å². The molecule has 13 nitrogen and oxygen atoms in total. The molecule has 0 bridgehead atoms. The molecule has 52 heavy (non-hydrogen) atoms. The van der Waals surface area contributed by atoms with Gasteiger partial charge in [0, 0.05) is 29.3 Å². The number of hydrogen-bond donors (Lipinski definition) is 5. The number of aliphatic hydroxyl groups is 2. The fourth-order valence-corrected chi connectivity index (χ4v) is 4.16. The first-order chi connectivity index (χ1) is 24.8. The second-order valence-corrected chi connectivity index (χ2v) is 11.0. The van der Waals surface area contributed by atoms with Crippen LogP contribution in [-0.4, -0.2) is 87.7 Å². The fourth-order valence-electron chi connectivity index (χ4n) is 4.16. The maximum Gasteiger partial charge on any atom is 0.333 e. The van der Waals surface area contributed by atoms with Crippen LogP contribution in [0.4, 0.5) is 0 Å². The van der Waals surface area contributed by atoms with Crippen LogP contribution in [-0.2, 0) is 19.1 Å². The quantitative estimate of drug-likeness (QED) is 0.0625. The number of aliphatic hydroxyl groups excluding tert-OH is 2. The van der Waals surface area contributed by atoms with Crippen LogP contribution >= 0.6 is 0 Å². The first-order valence-electron chi connectivity index (χ1n) is 15.6. The molecule has 0 radical (unpaired) electrons. The molecule has 5 N–H and O–H groups in total. The van der Waals surface area contributed by atoms with Crippen molar-refractivity contribution < 1.29 is 63.7 Å². The number of hydrogen-bond acceptors (Lipinski definition) is 13. The summed E-state index contributed by atoms with van der Waals surface area (Å²) in [5, 5.41) is 49.3. The molecule has 2 atom stereocenters. The van der Waals surface area contributed by atoms with E-state index in [1.54, 1.807) is 42.5 Å². The predicted octanol–water partition coefficient (Wildman–Crippen LogP) is 4.28. The number of benzene rings is 4. The minimum absolute atomic E-state index is 0.000198. The normalized spacial score (nSPS) is 11.4. The second kappa shape index (κ2) is 19.7. The minimum Gasteiger partial charge on any atom is -0.507 e. The molecule has 0 aliphatic heterocycles. The highest BCUT2D eigenvalue weighted by atomic mass is 16.6. The van der Waals surface area contributed by atoms with Crippen molar-refractivity contribution in [3.63, 3.8) is 0 Å². The predicted molar refractivity (Wildman–Crippen MR) is 188 cm³/mol. The number of carbonyl (C=O) groups excluding carboxylic acids is 4. The zero-order valence-corrected chi connectivity index (χ0v) is 28.1. The van der Waals surface area contributed by atoms with Gasteiger partial charge in [0.05, 0.1) is 16.7 Å². The van der Waals surface area contributed by atoms with E-state index >= 15 is 0 Å². The zero-order chi connectivity index (χ0) is 38.2. The van der Waals surface area contributed by atoms with Crippen LogP contribution in [0.3, 0.4) is 0 Å². The number of carbonyl (C=O) groups is 4. The number of rotatable bonds is 16. The minimum atomic E-state index is -1.07. The molecule has 4 aromatic carbocycles. The SMILES string of the molecule is C=C(C)C(=O)OCC(O)COc1ccc(C(=O)c2ccccc2O)c(O)c1.C=CC(=O)OCC(O)COc1ccc(C(=O)c2ccccc2)c(O)c1. The van der Waals surface area contributed by atoms with Gasteiger partial charge in [0.2, 0.25) is 0 Å². The Morgan fingerprint density at radius 3 is 1.62 bits per heavy atom. The molecule has 272 valence electrons. The molecule has 0 aromatic heterocycles. The first kappa shape index (κ1) is 40.0. The lowest BCUT2D eigenvalue weighted by atomic mass is 10.0. The van der Waals surface area contributed by atoms with Crippen LogP contribution in [0.5, 0.6) is 28.7 Å². The Morgan fingerprint density at radius 1 is 0.635 bits per heavy atom. The average molecular weight is 715 g/mol. The summed E-state index contributed by atoms with van der Waals surface area (Å²) < 4.78 is 20.1. The van der Waals surface area contributed by atoms with Crippen molar-refractivity contribution in [3.05, 3.63) is 138 Å². The first-order valence-corrected chi connectivity index (χ1v) is 15.6. The summed E-state index contributed by atoms with van der Waals surface area (Å²) >= 11 is 0. The molecule has 13 heteroatoms. The molecule has 0 saturated carbocycles. The van der Waals surface area contributed by atoms with Gasteiger partial charge in [-0.05, 0) is 43.3 Å². The number of ether oxygens (including phenoxy) is 4.